The Balaban J connectivity index is 0.000000143. The summed E-state index contributed by atoms with van der Waals surface area (Å²) in [5, 5.41) is 21.2. The number of aryl methyl sites for hydroxylation is 3. The van der Waals surface area contributed by atoms with Crippen molar-refractivity contribution in [3.05, 3.63) is 418 Å². The summed E-state index contributed by atoms with van der Waals surface area (Å²) in [6, 6.07) is 125. The maximum absolute atomic E-state index is 4.72. The number of aromatic nitrogens is 12. The Morgan fingerprint density at radius 2 is 0.725 bits per heavy atom. The molecule has 12 aromatic carbocycles. The average molecular weight is 1950 g/mol. The molecule has 12 nitrogen and oxygen atoms in total. The van der Waals surface area contributed by atoms with Crippen molar-refractivity contribution in [2.75, 3.05) is 0 Å². The summed E-state index contributed by atoms with van der Waals surface area (Å²) >= 11 is 0. The van der Waals surface area contributed by atoms with E-state index < -0.39 is 0 Å². The Bertz CT molecular complexity index is 5330. The van der Waals surface area contributed by atoms with Gasteiger partial charge in [0.15, 0.2) is 0 Å². The van der Waals surface area contributed by atoms with Gasteiger partial charge in [0.2, 0.25) is 0 Å². The van der Waals surface area contributed by atoms with Crippen LogP contribution in [0.15, 0.2) is 359 Å². The Morgan fingerprint density at radius 1 is 0.339 bits per heavy atom. The molecule has 0 fully saturated rings. The summed E-state index contributed by atoms with van der Waals surface area (Å²) in [5.41, 5.74) is 25.0. The van der Waals surface area contributed by atoms with Gasteiger partial charge in [-0.25, -0.2) is 5.69 Å². The molecule has 6 heterocycles. The Labute approximate surface area is 680 Å². The van der Waals surface area contributed by atoms with Gasteiger partial charge >= 0.3 is 0 Å². The molecule has 0 N–H and O–H groups in total. The number of hydrogen-bond donors (Lipinski definition) is 0. The van der Waals surface area contributed by atoms with Gasteiger partial charge in [-0.05, 0) is 94.1 Å². The fourth-order valence-corrected chi connectivity index (χ4v) is 11.7. The van der Waals surface area contributed by atoms with Crippen LogP contribution in [0.5, 0.6) is 0 Å². The van der Waals surface area contributed by atoms with Crippen molar-refractivity contribution in [1.82, 2.24) is 59.5 Å². The Hall–Kier alpha value is -12.0. The number of imidazole rings is 2. The molecule has 0 unspecified atom stereocenters. The number of para-hydroxylation sites is 3. The van der Waals surface area contributed by atoms with Crippen LogP contribution in [0.4, 0.5) is 0 Å². The van der Waals surface area contributed by atoms with Crippen LogP contribution in [0.2, 0.25) is 0 Å². The van der Waals surface area contributed by atoms with Crippen LogP contribution < -0.4 is 15.1 Å². The van der Waals surface area contributed by atoms with Crippen LogP contribution in [0.25, 0.3) is 118 Å². The fourth-order valence-electron chi connectivity index (χ4n) is 11.7. The first kappa shape index (κ1) is 79.5. The smallest absolute Gasteiger partial charge is 0.0678 e. The summed E-state index contributed by atoms with van der Waals surface area (Å²) in [5.74, 6) is 1.57. The summed E-state index contributed by atoms with van der Waals surface area (Å²) in [6.45, 7) is 8.05. The second-order valence-electron chi connectivity index (χ2n) is 24.2. The second kappa shape index (κ2) is 40.6. The molecule has 0 spiro atoms. The van der Waals surface area contributed by atoms with E-state index in [2.05, 4.69) is 236 Å². The summed E-state index contributed by atoms with van der Waals surface area (Å²) in [6.07, 6.45) is 12.9. The zero-order valence-electron chi connectivity index (χ0n) is 59.9. The van der Waals surface area contributed by atoms with Gasteiger partial charge in [0.1, 0.15) is 0 Å². The quantitative estimate of drug-likeness (QED) is 0.110. The van der Waals surface area contributed by atoms with Crippen LogP contribution >= 0.6 is 0 Å². The van der Waals surface area contributed by atoms with Crippen LogP contribution in [0, 0.1) is 64.1 Å². The van der Waals surface area contributed by atoms with Crippen molar-refractivity contribution in [3.63, 3.8) is 0 Å². The predicted octanol–water partition coefficient (Wildman–Crippen LogP) is 20.8. The molecule has 18 rings (SSSR count). The molecule has 0 bridgehead atoms. The van der Waals surface area contributed by atoms with Crippen molar-refractivity contribution in [3.8, 4) is 118 Å². The van der Waals surface area contributed by atoms with Gasteiger partial charge in [0, 0.05) is 98.0 Å². The first-order valence-corrected chi connectivity index (χ1v) is 34.6. The van der Waals surface area contributed by atoms with Gasteiger partial charge in [-0.3, -0.25) is 14.0 Å². The number of nitrogens with zero attached hydrogens (tertiary/aromatic N) is 12. The van der Waals surface area contributed by atoms with Gasteiger partial charge in [-0.2, -0.15) is 99.2 Å². The molecular formula is C94H71N12Pt3-9. The Kier molecular flexibility index (Phi) is 29.6. The molecule has 546 valence electrons. The molecule has 0 saturated carbocycles. The molecule has 0 saturated heterocycles. The molecule has 0 aliphatic heterocycles. The zero-order valence-corrected chi connectivity index (χ0v) is 66.7. The van der Waals surface area contributed by atoms with Crippen LogP contribution in [-0.4, -0.2) is 44.4 Å². The van der Waals surface area contributed by atoms with Crippen molar-refractivity contribution in [2.24, 2.45) is 0 Å². The van der Waals surface area contributed by atoms with E-state index in [-0.39, 0.29) is 63.2 Å². The molecule has 109 heavy (non-hydrogen) atoms. The van der Waals surface area contributed by atoms with E-state index in [1.54, 1.807) is 18.6 Å². The third-order valence-corrected chi connectivity index (χ3v) is 17.0. The topological polar surface area (TPSA) is 134 Å². The molecule has 15 heteroatoms. The van der Waals surface area contributed by atoms with E-state index in [0.717, 1.165) is 96.1 Å². The minimum absolute atomic E-state index is 0. The van der Waals surface area contributed by atoms with E-state index in [4.69, 9.17) is 5.10 Å². The van der Waals surface area contributed by atoms with Gasteiger partial charge in [0.25, 0.3) is 0 Å². The van der Waals surface area contributed by atoms with Crippen LogP contribution in [0.3, 0.4) is 0 Å². The summed E-state index contributed by atoms with van der Waals surface area (Å²) in [7, 11) is 0. The maximum atomic E-state index is 4.72. The normalized spacial score (nSPS) is 10.2. The predicted molar refractivity (Wildman–Crippen MR) is 424 cm³/mol. The van der Waals surface area contributed by atoms with E-state index in [1.165, 1.54) is 44.5 Å². The largest absolute Gasteiger partial charge is 0.619 e. The van der Waals surface area contributed by atoms with Gasteiger partial charge < -0.3 is 30.1 Å². The van der Waals surface area contributed by atoms with E-state index in [1.807, 2.05) is 223 Å². The number of benzene rings is 12. The molecular weight excluding hydrogens is 1880 g/mol. The summed E-state index contributed by atoms with van der Waals surface area (Å²) in [4.78, 5) is 16.7. The SMILES string of the molecule is Cc1nc(C)c(-c2[c-]cccc2)[n-]1.Cc1nn(-c2[c-]cccc2)c(C)c1-c1ccc(-c2ccccc2)cc1.[Pt].[Pt].[Pt].[c-]1ccccc1-c1ccn[n-]1.[c-]1ccccc1-c1ncc[n-]1.[c-]1ccccc1-n1cc(-c2ccc(-c3ccccc3)cc2)cn1.[c-]1ccccc1-n1cc(-c2ccc(-c3ccccc3)cc2)cn1. The fraction of sp³-hybridized carbons (Fsp3) is 0.0426. The van der Waals surface area contributed by atoms with Crippen LogP contribution in [0.1, 0.15) is 22.9 Å². The standard InChI is InChI=1S/C23H19N2.2C21H15N2.C11H10N2.2C9H6N2.3Pt/c1-17-23(18(2)25(24-17)22-11-7-4-8-12-22)21-15-13-20(14-16-21)19-9-5-3-6-10-19;2*1-3-7-17(8-4-1)18-11-13-19(14-12-18)20-15-22-23(16-20)21-9-5-2-6-10-21;1-8-11(13-9(2)12-8)10-6-4-3-5-7-10;1-2-4-8(5-3-1)9-10-6-7-11-9;1-2-4-8(5-3-1)9-6-7-10-11-9;;;/h3-11,13-16H,1-2H3;2*1-9,11-16H;3-6H,1-2H3;2*1-4,6-7H;;;/q3*-1;3*-2;;;. The van der Waals surface area contributed by atoms with E-state index in [0.29, 0.717) is 0 Å². The second-order valence-corrected chi connectivity index (χ2v) is 24.2. The van der Waals surface area contributed by atoms with Crippen molar-refractivity contribution < 1.29 is 63.2 Å². The van der Waals surface area contributed by atoms with Crippen molar-refractivity contribution >= 4 is 0 Å². The third kappa shape index (κ3) is 21.6. The third-order valence-electron chi connectivity index (χ3n) is 17.0. The molecule has 18 aromatic rings. The number of rotatable bonds is 12. The average Bonchev–Trinajstić information content (AvgIpc) is 1.66. The first-order chi connectivity index (χ1) is 52.2. The molecule has 0 aliphatic carbocycles. The molecule has 0 atom stereocenters. The van der Waals surface area contributed by atoms with Gasteiger partial charge in [-0.15, -0.1) is 138 Å². The minimum atomic E-state index is 0. The first-order valence-electron chi connectivity index (χ1n) is 34.6. The maximum Gasteiger partial charge on any atom is 0.0678 e. The minimum Gasteiger partial charge on any atom is -0.619 e. The summed E-state index contributed by atoms with van der Waals surface area (Å²) < 4.78 is 5.66. The van der Waals surface area contributed by atoms with Crippen molar-refractivity contribution in [1.29, 1.82) is 0 Å². The molecule has 0 aliphatic rings. The Morgan fingerprint density at radius 3 is 1.10 bits per heavy atom. The van der Waals surface area contributed by atoms with Gasteiger partial charge in [0.05, 0.1) is 18.1 Å². The number of hydrogen-bond acceptors (Lipinski definition) is 6. The monoisotopic (exact) mass is 1950 g/mol. The van der Waals surface area contributed by atoms with Crippen LogP contribution in [-0.2, 0) is 63.2 Å². The molecule has 0 radical (unpaired) electrons. The van der Waals surface area contributed by atoms with Gasteiger partial charge in [-0.1, -0.05) is 189 Å². The molecule has 6 aromatic heterocycles. The zero-order chi connectivity index (χ0) is 72.5. The van der Waals surface area contributed by atoms with E-state index in [9.17, 15) is 0 Å². The molecule has 0 amide bonds. The van der Waals surface area contributed by atoms with E-state index >= 15 is 0 Å². The van der Waals surface area contributed by atoms with Crippen molar-refractivity contribution in [2.45, 2.75) is 27.7 Å².